The first-order chi connectivity index (χ1) is 6.79. The van der Waals surface area contributed by atoms with Crippen molar-refractivity contribution in [1.29, 1.82) is 0 Å². The molecule has 0 unspecified atom stereocenters. The van der Waals surface area contributed by atoms with E-state index in [0.29, 0.717) is 5.75 Å². The molecule has 78 valence electrons. The van der Waals surface area contributed by atoms with Gasteiger partial charge in [0.25, 0.3) is 0 Å². The van der Waals surface area contributed by atoms with Crippen LogP contribution in [0.4, 0.5) is 0 Å². The van der Waals surface area contributed by atoms with Crippen molar-refractivity contribution >= 4 is 0 Å². The van der Waals surface area contributed by atoms with Crippen LogP contribution in [-0.4, -0.2) is 12.2 Å². The van der Waals surface area contributed by atoms with E-state index in [4.69, 9.17) is 4.89 Å². The fraction of sp³-hybridized carbons (Fsp3) is 0.455. The summed E-state index contributed by atoms with van der Waals surface area (Å²) >= 11 is 0. The second-order valence-corrected chi connectivity index (χ2v) is 3.11. The number of phenolic OH excluding ortho intramolecular Hbond substituents is 1. The Morgan fingerprint density at radius 3 is 2.79 bits per heavy atom. The van der Waals surface area contributed by atoms with Gasteiger partial charge < -0.3 is 9.99 Å². The fourth-order valence-corrected chi connectivity index (χ4v) is 1.33. The van der Waals surface area contributed by atoms with E-state index in [-0.39, 0.29) is 5.75 Å². The van der Waals surface area contributed by atoms with Gasteiger partial charge in [-0.25, -0.2) is 0 Å². The summed E-state index contributed by atoms with van der Waals surface area (Å²) < 4.78 is 0. The lowest BCUT2D eigenvalue weighted by Crippen LogP contribution is -1.96. The molecular formula is C11H16O3. The quantitative estimate of drug-likeness (QED) is 0.581. The maximum absolute atomic E-state index is 9.61. The van der Waals surface area contributed by atoms with Gasteiger partial charge in [-0.2, -0.15) is 4.89 Å². The maximum Gasteiger partial charge on any atom is 0.172 e. The second-order valence-electron chi connectivity index (χ2n) is 3.11. The SMILES string of the molecule is CCCCc1c(O)cccc1OOC. The molecule has 0 saturated carbocycles. The molecule has 14 heavy (non-hydrogen) atoms. The predicted molar refractivity (Wildman–Crippen MR) is 54.4 cm³/mol. The Bertz CT molecular complexity index is 284. The van der Waals surface area contributed by atoms with Crippen LogP contribution in [0.3, 0.4) is 0 Å². The predicted octanol–water partition coefficient (Wildman–Crippen LogP) is 2.68. The van der Waals surface area contributed by atoms with E-state index in [1.807, 2.05) is 0 Å². The van der Waals surface area contributed by atoms with Gasteiger partial charge in [0, 0.05) is 5.56 Å². The van der Waals surface area contributed by atoms with Crippen LogP contribution in [0.5, 0.6) is 11.5 Å². The third-order valence-corrected chi connectivity index (χ3v) is 2.06. The van der Waals surface area contributed by atoms with Crippen LogP contribution in [0.2, 0.25) is 0 Å². The van der Waals surface area contributed by atoms with Gasteiger partial charge in [-0.05, 0) is 25.0 Å². The maximum atomic E-state index is 9.61. The molecular weight excluding hydrogens is 180 g/mol. The molecule has 0 aliphatic rings. The molecule has 0 amide bonds. The number of hydrogen-bond acceptors (Lipinski definition) is 3. The highest BCUT2D eigenvalue weighted by atomic mass is 17.2. The number of phenols is 1. The summed E-state index contributed by atoms with van der Waals surface area (Å²) in [5.41, 5.74) is 0.816. The average Bonchev–Trinajstić information content (AvgIpc) is 2.18. The van der Waals surface area contributed by atoms with Crippen molar-refractivity contribution in [3.63, 3.8) is 0 Å². The van der Waals surface area contributed by atoms with Crippen molar-refractivity contribution < 1.29 is 14.9 Å². The van der Waals surface area contributed by atoms with E-state index in [1.165, 1.54) is 7.11 Å². The molecule has 0 aromatic heterocycles. The zero-order chi connectivity index (χ0) is 10.4. The van der Waals surface area contributed by atoms with Crippen LogP contribution in [0.15, 0.2) is 18.2 Å². The monoisotopic (exact) mass is 196 g/mol. The minimum atomic E-state index is 0.271. The lowest BCUT2D eigenvalue weighted by Gasteiger charge is -2.09. The van der Waals surface area contributed by atoms with Crippen molar-refractivity contribution in [2.45, 2.75) is 26.2 Å². The zero-order valence-corrected chi connectivity index (χ0v) is 8.62. The van der Waals surface area contributed by atoms with Gasteiger partial charge in [0.05, 0.1) is 7.11 Å². The number of unbranched alkanes of at least 4 members (excludes halogenated alkanes) is 1. The molecule has 0 atom stereocenters. The van der Waals surface area contributed by atoms with Crippen LogP contribution >= 0.6 is 0 Å². The van der Waals surface area contributed by atoms with Crippen LogP contribution in [0.25, 0.3) is 0 Å². The lowest BCUT2D eigenvalue weighted by molar-refractivity contribution is -0.178. The van der Waals surface area contributed by atoms with Crippen LogP contribution < -0.4 is 4.89 Å². The molecule has 1 aromatic carbocycles. The smallest absolute Gasteiger partial charge is 0.172 e. The Morgan fingerprint density at radius 2 is 2.14 bits per heavy atom. The molecule has 1 aromatic rings. The second kappa shape index (κ2) is 5.50. The summed E-state index contributed by atoms with van der Waals surface area (Å²) in [5, 5.41) is 9.61. The van der Waals surface area contributed by atoms with Crippen molar-refractivity contribution in [3.8, 4) is 11.5 Å². The van der Waals surface area contributed by atoms with Gasteiger partial charge in [0.2, 0.25) is 0 Å². The topological polar surface area (TPSA) is 38.7 Å². The van der Waals surface area contributed by atoms with E-state index in [0.717, 1.165) is 24.8 Å². The van der Waals surface area contributed by atoms with E-state index >= 15 is 0 Å². The fourth-order valence-electron chi connectivity index (χ4n) is 1.33. The van der Waals surface area contributed by atoms with Crippen molar-refractivity contribution in [3.05, 3.63) is 23.8 Å². The summed E-state index contributed by atoms with van der Waals surface area (Å²) in [5.74, 6) is 0.869. The highest BCUT2D eigenvalue weighted by Crippen LogP contribution is 2.29. The molecule has 0 aliphatic heterocycles. The normalized spacial score (nSPS) is 10.1. The third kappa shape index (κ3) is 2.64. The molecule has 0 fully saturated rings. The number of benzene rings is 1. The molecule has 0 saturated heterocycles. The van der Waals surface area contributed by atoms with E-state index in [2.05, 4.69) is 11.8 Å². The molecule has 1 N–H and O–H groups in total. The highest BCUT2D eigenvalue weighted by molar-refractivity contribution is 5.43. The molecule has 0 aliphatic carbocycles. The molecule has 3 nitrogen and oxygen atoms in total. The summed E-state index contributed by atoms with van der Waals surface area (Å²) in [7, 11) is 1.45. The number of rotatable bonds is 5. The van der Waals surface area contributed by atoms with Crippen molar-refractivity contribution in [2.24, 2.45) is 0 Å². The third-order valence-electron chi connectivity index (χ3n) is 2.06. The number of hydrogen-bond donors (Lipinski definition) is 1. The Hall–Kier alpha value is -1.22. The van der Waals surface area contributed by atoms with Gasteiger partial charge in [-0.15, -0.1) is 0 Å². The average molecular weight is 196 g/mol. The van der Waals surface area contributed by atoms with Gasteiger partial charge in [-0.1, -0.05) is 19.4 Å². The standard InChI is InChI=1S/C11H16O3/c1-3-4-6-9-10(12)7-5-8-11(9)14-13-2/h5,7-8,12H,3-4,6H2,1-2H3. The molecule has 0 spiro atoms. The Balaban J connectivity index is 2.84. The Morgan fingerprint density at radius 1 is 1.36 bits per heavy atom. The van der Waals surface area contributed by atoms with Gasteiger partial charge in [0.1, 0.15) is 5.75 Å². The molecule has 3 heteroatoms. The van der Waals surface area contributed by atoms with Crippen molar-refractivity contribution in [2.75, 3.05) is 7.11 Å². The lowest BCUT2D eigenvalue weighted by atomic mass is 10.1. The number of aromatic hydroxyl groups is 1. The largest absolute Gasteiger partial charge is 0.508 e. The van der Waals surface area contributed by atoms with Gasteiger partial charge >= 0.3 is 0 Å². The van der Waals surface area contributed by atoms with Crippen molar-refractivity contribution in [1.82, 2.24) is 0 Å². The van der Waals surface area contributed by atoms with Crippen LogP contribution in [-0.2, 0) is 11.3 Å². The molecule has 0 bridgehead atoms. The van der Waals surface area contributed by atoms with Crippen LogP contribution in [0.1, 0.15) is 25.3 Å². The van der Waals surface area contributed by atoms with Gasteiger partial charge in [0.15, 0.2) is 5.75 Å². The zero-order valence-electron chi connectivity index (χ0n) is 8.62. The van der Waals surface area contributed by atoms with E-state index in [1.54, 1.807) is 18.2 Å². The summed E-state index contributed by atoms with van der Waals surface area (Å²) in [6.45, 7) is 2.11. The van der Waals surface area contributed by atoms with Gasteiger partial charge in [-0.3, -0.25) is 0 Å². The highest BCUT2D eigenvalue weighted by Gasteiger charge is 2.08. The first-order valence-electron chi connectivity index (χ1n) is 4.81. The summed E-state index contributed by atoms with van der Waals surface area (Å²) in [4.78, 5) is 9.55. The molecule has 0 radical (unpaired) electrons. The van der Waals surface area contributed by atoms with E-state index in [9.17, 15) is 5.11 Å². The summed E-state index contributed by atoms with van der Waals surface area (Å²) in [6, 6.07) is 5.18. The minimum Gasteiger partial charge on any atom is -0.508 e. The first kappa shape index (κ1) is 10.9. The van der Waals surface area contributed by atoms with Crippen LogP contribution in [0, 0.1) is 0 Å². The Labute approximate surface area is 84.2 Å². The molecule has 1 rings (SSSR count). The minimum absolute atomic E-state index is 0.271. The molecule has 0 heterocycles. The Kier molecular flexibility index (Phi) is 4.26. The van der Waals surface area contributed by atoms with E-state index < -0.39 is 0 Å². The first-order valence-corrected chi connectivity index (χ1v) is 4.81. The summed E-state index contributed by atoms with van der Waals surface area (Å²) in [6.07, 6.45) is 2.92.